The van der Waals surface area contributed by atoms with Crippen molar-refractivity contribution in [1.29, 1.82) is 0 Å². The smallest absolute Gasteiger partial charge is 0.226 e. The third-order valence-electron chi connectivity index (χ3n) is 5.40. The molecule has 3 aliphatic rings. The first-order valence-corrected chi connectivity index (χ1v) is 9.46. The van der Waals surface area contributed by atoms with E-state index < -0.39 is 0 Å². The number of fused-ring (bicyclic) bond motifs is 1. The molecule has 0 radical (unpaired) electrons. The van der Waals surface area contributed by atoms with Crippen LogP contribution in [0.4, 0.5) is 0 Å². The van der Waals surface area contributed by atoms with Crippen LogP contribution in [-0.4, -0.2) is 34.7 Å². The molecule has 26 heavy (non-hydrogen) atoms. The van der Waals surface area contributed by atoms with Gasteiger partial charge >= 0.3 is 0 Å². The van der Waals surface area contributed by atoms with Gasteiger partial charge in [0.15, 0.2) is 0 Å². The van der Waals surface area contributed by atoms with Crippen LogP contribution >= 0.6 is 0 Å². The van der Waals surface area contributed by atoms with Crippen molar-refractivity contribution in [2.45, 2.75) is 38.5 Å². The molecule has 2 heterocycles. The first-order valence-electron chi connectivity index (χ1n) is 9.46. The van der Waals surface area contributed by atoms with Crippen molar-refractivity contribution in [3.63, 3.8) is 0 Å². The summed E-state index contributed by atoms with van der Waals surface area (Å²) in [6, 6.07) is 2.10. The van der Waals surface area contributed by atoms with Crippen molar-refractivity contribution in [3.8, 4) is 0 Å². The second-order valence-corrected chi connectivity index (χ2v) is 7.36. The number of ketones is 1. The highest BCUT2D eigenvalue weighted by Gasteiger charge is 2.30. The third-order valence-corrected chi connectivity index (χ3v) is 5.40. The second kappa shape index (κ2) is 7.02. The van der Waals surface area contributed by atoms with Gasteiger partial charge in [-0.05, 0) is 36.5 Å². The highest BCUT2D eigenvalue weighted by molar-refractivity contribution is 5.86. The largest absolute Gasteiger partial charge is 0.338 e. The van der Waals surface area contributed by atoms with Gasteiger partial charge < -0.3 is 4.90 Å². The van der Waals surface area contributed by atoms with E-state index in [4.69, 9.17) is 4.98 Å². The Labute approximate surface area is 154 Å². The van der Waals surface area contributed by atoms with Gasteiger partial charge in [-0.25, -0.2) is 0 Å². The van der Waals surface area contributed by atoms with E-state index in [1.54, 1.807) is 6.08 Å². The molecule has 1 aromatic heterocycles. The maximum atomic E-state index is 12.2. The van der Waals surface area contributed by atoms with E-state index in [1.165, 1.54) is 16.7 Å². The van der Waals surface area contributed by atoms with E-state index in [9.17, 15) is 9.59 Å². The molecule has 4 heteroatoms. The Morgan fingerprint density at radius 2 is 2.19 bits per heavy atom. The number of rotatable bonds is 6. The summed E-state index contributed by atoms with van der Waals surface area (Å²) in [5.74, 6) is 0.726. The fourth-order valence-corrected chi connectivity index (χ4v) is 3.77. The second-order valence-electron chi connectivity index (χ2n) is 7.36. The summed E-state index contributed by atoms with van der Waals surface area (Å²) < 4.78 is 0. The number of aromatic nitrogens is 1. The van der Waals surface area contributed by atoms with Crippen LogP contribution in [0.2, 0.25) is 0 Å². The molecule has 4 nitrogen and oxygen atoms in total. The van der Waals surface area contributed by atoms with Crippen molar-refractivity contribution in [1.82, 2.24) is 9.88 Å². The molecular weight excluding hydrogens is 324 g/mol. The monoisotopic (exact) mass is 348 g/mol. The molecular formula is C22H24N2O2. The molecule has 2 aliphatic carbocycles. The van der Waals surface area contributed by atoms with Crippen LogP contribution in [0.25, 0.3) is 11.6 Å². The van der Waals surface area contributed by atoms with Crippen LogP contribution in [-0.2, 0) is 22.4 Å². The van der Waals surface area contributed by atoms with Crippen LogP contribution in [0.1, 0.15) is 48.2 Å². The van der Waals surface area contributed by atoms with Crippen LogP contribution < -0.4 is 0 Å². The Balaban J connectivity index is 1.58. The van der Waals surface area contributed by atoms with E-state index in [0.717, 1.165) is 43.6 Å². The maximum Gasteiger partial charge on any atom is 0.226 e. The lowest BCUT2D eigenvalue weighted by Gasteiger charge is -2.27. The number of carbonyl (C=O) groups is 2. The zero-order valence-electron chi connectivity index (χ0n) is 15.0. The summed E-state index contributed by atoms with van der Waals surface area (Å²) in [6.07, 6.45) is 12.7. The molecule has 1 aromatic rings. The fraction of sp³-hybridized carbons (Fsp3) is 0.409. The van der Waals surface area contributed by atoms with Crippen molar-refractivity contribution in [2.75, 3.05) is 13.1 Å². The molecule has 1 amide bonds. The number of allylic oxidation sites excluding steroid dienone is 1. The van der Waals surface area contributed by atoms with E-state index in [0.29, 0.717) is 25.2 Å². The van der Waals surface area contributed by atoms with E-state index in [2.05, 4.69) is 30.9 Å². The zero-order valence-corrected chi connectivity index (χ0v) is 15.0. The number of pyridine rings is 1. The van der Waals surface area contributed by atoms with Crippen LogP contribution in [0.5, 0.6) is 0 Å². The van der Waals surface area contributed by atoms with Crippen LogP contribution in [0.15, 0.2) is 30.9 Å². The lowest BCUT2D eigenvalue weighted by molar-refractivity contribution is -0.129. The predicted octanol–water partition coefficient (Wildman–Crippen LogP) is 3.36. The summed E-state index contributed by atoms with van der Waals surface area (Å²) in [6.45, 7) is 5.01. The molecule has 1 aliphatic heterocycles. The van der Waals surface area contributed by atoms with Gasteiger partial charge in [0.25, 0.3) is 0 Å². The van der Waals surface area contributed by atoms with Crippen molar-refractivity contribution < 1.29 is 9.59 Å². The average molecular weight is 348 g/mol. The first kappa shape index (κ1) is 17.0. The van der Waals surface area contributed by atoms with Gasteiger partial charge in [-0.3, -0.25) is 14.6 Å². The number of Topliss-reactive ketones (excluding diaryl/α,β-unsaturated/α-hetero) is 1. The summed E-state index contributed by atoms with van der Waals surface area (Å²) in [7, 11) is 0. The third kappa shape index (κ3) is 3.41. The Hall–Kier alpha value is -2.49. The first-order chi connectivity index (χ1) is 12.7. The van der Waals surface area contributed by atoms with Gasteiger partial charge in [-0.2, -0.15) is 0 Å². The Morgan fingerprint density at radius 3 is 2.88 bits per heavy atom. The quantitative estimate of drug-likeness (QED) is 0.741. The normalized spacial score (nSPS) is 18.5. The molecule has 0 unspecified atom stereocenters. The Bertz CT molecular complexity index is 831. The molecule has 0 atom stereocenters. The maximum absolute atomic E-state index is 12.2. The van der Waals surface area contributed by atoms with Gasteiger partial charge in [0.2, 0.25) is 5.91 Å². The van der Waals surface area contributed by atoms with Gasteiger partial charge in [0.1, 0.15) is 5.78 Å². The van der Waals surface area contributed by atoms with E-state index in [1.807, 2.05) is 4.90 Å². The lowest BCUT2D eigenvalue weighted by atomic mass is 9.93. The lowest BCUT2D eigenvalue weighted by Crippen LogP contribution is -2.34. The van der Waals surface area contributed by atoms with Gasteiger partial charge in [-0.15, -0.1) is 6.58 Å². The Kier molecular flexibility index (Phi) is 4.58. The van der Waals surface area contributed by atoms with Gasteiger partial charge in [0.05, 0.1) is 5.69 Å². The summed E-state index contributed by atoms with van der Waals surface area (Å²) in [5.41, 5.74) is 5.61. The summed E-state index contributed by atoms with van der Waals surface area (Å²) >= 11 is 0. The number of hydrogen-bond acceptors (Lipinski definition) is 3. The molecule has 134 valence electrons. The average Bonchev–Trinajstić information content (AvgIpc) is 3.40. The number of carbonyl (C=O) groups excluding carboxylic acids is 2. The van der Waals surface area contributed by atoms with Crippen molar-refractivity contribution in [3.05, 3.63) is 53.4 Å². The van der Waals surface area contributed by atoms with Crippen molar-refractivity contribution in [2.24, 2.45) is 5.92 Å². The summed E-state index contributed by atoms with van der Waals surface area (Å²) in [4.78, 5) is 30.9. The number of amides is 1. The topological polar surface area (TPSA) is 50.3 Å². The molecule has 1 fully saturated rings. The minimum atomic E-state index is 0.130. The minimum Gasteiger partial charge on any atom is -0.338 e. The van der Waals surface area contributed by atoms with E-state index >= 15 is 0 Å². The molecule has 0 bridgehead atoms. The van der Waals surface area contributed by atoms with Gasteiger partial charge in [0, 0.05) is 49.5 Å². The molecule has 0 N–H and O–H groups in total. The van der Waals surface area contributed by atoms with Crippen molar-refractivity contribution >= 4 is 23.3 Å². The molecule has 0 aromatic carbocycles. The zero-order chi connectivity index (χ0) is 18.1. The predicted molar refractivity (Wildman–Crippen MR) is 102 cm³/mol. The van der Waals surface area contributed by atoms with Crippen LogP contribution in [0, 0.1) is 5.92 Å². The Morgan fingerprint density at radius 1 is 1.35 bits per heavy atom. The fourth-order valence-electron chi connectivity index (χ4n) is 3.77. The van der Waals surface area contributed by atoms with Crippen LogP contribution in [0.3, 0.4) is 0 Å². The molecule has 1 saturated carbocycles. The minimum absolute atomic E-state index is 0.130. The number of hydrogen-bond donors (Lipinski definition) is 0. The highest BCUT2D eigenvalue weighted by atomic mass is 16.2. The highest BCUT2D eigenvalue weighted by Crippen LogP contribution is 2.34. The summed E-state index contributed by atoms with van der Waals surface area (Å²) in [5, 5.41) is 0. The molecule has 0 saturated heterocycles. The SMILES string of the molecule is C=CCC(=O)N1CC=C(c2cc(CC(=O)C3CC3)nc3c2C=CC3)CC1. The van der Waals surface area contributed by atoms with Gasteiger partial charge in [-0.1, -0.05) is 24.3 Å². The standard InChI is InChI=1S/C22H24N2O2/c1-2-4-22(26)24-11-9-15(10-12-24)19-13-17(14-21(25)16-7-8-16)23-20-6-3-5-18(19)20/h2-3,5,9,13,16H,1,4,6-8,10-12,14H2. The van der Waals surface area contributed by atoms with E-state index in [-0.39, 0.29) is 11.8 Å². The number of nitrogens with zero attached hydrogens (tertiary/aromatic N) is 2. The molecule has 4 rings (SSSR count). The molecule has 0 spiro atoms.